The number of rotatable bonds is 37. The van der Waals surface area contributed by atoms with Crippen LogP contribution >= 0.6 is 0 Å². The van der Waals surface area contributed by atoms with E-state index in [2.05, 4.69) is 52.8 Å². The molecule has 0 aliphatic carbocycles. The largest absolute Gasteiger partial charge is 0.548 e. The van der Waals surface area contributed by atoms with E-state index in [0.717, 1.165) is 0 Å². The fourth-order valence-electron chi connectivity index (χ4n) is 7.94. The van der Waals surface area contributed by atoms with Crippen molar-refractivity contribution < 1.29 is 77.3 Å². The summed E-state index contributed by atoms with van der Waals surface area (Å²) < 4.78 is 0.579. The monoisotopic (exact) mass is 1160 g/mol. The van der Waals surface area contributed by atoms with Gasteiger partial charge in [0.2, 0.25) is 65.0 Å². The average Bonchev–Trinajstić information content (AvgIpc) is 3.89. The summed E-state index contributed by atoms with van der Waals surface area (Å²) in [4.78, 5) is 161. The molecule has 0 radical (unpaired) electrons. The number of carboxylic acids is 1. The van der Waals surface area contributed by atoms with Crippen LogP contribution in [0.15, 0.2) is 4.99 Å². The summed E-state index contributed by atoms with van der Waals surface area (Å²) in [5, 5.41) is 55.1. The zero-order chi connectivity index (χ0) is 61.7. The lowest BCUT2D eigenvalue weighted by atomic mass is 10.0. The second-order valence-corrected chi connectivity index (χ2v) is 20.9. The zero-order valence-corrected chi connectivity index (χ0v) is 47.7. The maximum absolute atomic E-state index is 14.1. The van der Waals surface area contributed by atoms with Crippen LogP contribution in [0.25, 0.3) is 0 Å². The minimum atomic E-state index is -1.67. The molecule has 1 aliphatic rings. The number of hydrogen-bond donors (Lipinski definition) is 16. The molecule has 11 atom stereocenters. The van der Waals surface area contributed by atoms with Crippen molar-refractivity contribution in [3.8, 4) is 0 Å². The van der Waals surface area contributed by atoms with Crippen molar-refractivity contribution in [2.24, 2.45) is 27.9 Å². The Kier molecular flexibility index (Phi) is 32.0. The molecule has 11 amide bonds. The van der Waals surface area contributed by atoms with Gasteiger partial charge < -0.3 is 106 Å². The van der Waals surface area contributed by atoms with Crippen LogP contribution in [-0.4, -0.2) is 230 Å². The number of amides is 11. The van der Waals surface area contributed by atoms with E-state index in [-0.39, 0.29) is 44.7 Å². The molecule has 20 N–H and O–H groups in total. The van der Waals surface area contributed by atoms with Crippen LogP contribution < -0.4 is 81.2 Å². The molecule has 0 saturated carbocycles. The Bertz CT molecular complexity index is 2190. The summed E-state index contributed by atoms with van der Waals surface area (Å²) >= 11 is 0. The van der Waals surface area contributed by atoms with E-state index in [1.807, 2.05) is 26.5 Å². The first-order chi connectivity index (χ1) is 37.8. The number of aliphatic hydroxyl groups excluding tert-OH is 2. The van der Waals surface area contributed by atoms with Gasteiger partial charge in [-0.1, -0.05) is 6.42 Å². The van der Waals surface area contributed by atoms with Crippen LogP contribution in [0.2, 0.25) is 0 Å². The molecule has 32 nitrogen and oxygen atoms in total. The number of aliphatic hydroxyl groups is 2. The number of hydrogen-bond acceptors (Lipinski definition) is 18. The summed E-state index contributed by atoms with van der Waals surface area (Å²) in [5.41, 5.74) is 22.4. The second-order valence-electron chi connectivity index (χ2n) is 20.9. The third kappa shape index (κ3) is 27.6. The molecule has 1 rings (SSSR count). The van der Waals surface area contributed by atoms with Crippen molar-refractivity contribution in [3.05, 3.63) is 0 Å². The number of quaternary nitrogens is 1. The highest BCUT2D eigenvalue weighted by molar-refractivity contribution is 5.99. The molecular weight excluding hydrogens is 1070 g/mol. The van der Waals surface area contributed by atoms with Crippen molar-refractivity contribution in [2.75, 3.05) is 67.0 Å². The van der Waals surface area contributed by atoms with Gasteiger partial charge in [0.15, 0.2) is 5.96 Å². The Morgan fingerprint density at radius 3 is 1.68 bits per heavy atom. The third-order valence-corrected chi connectivity index (χ3v) is 12.6. The van der Waals surface area contributed by atoms with Crippen LogP contribution in [0.5, 0.6) is 0 Å². The highest BCUT2D eigenvalue weighted by atomic mass is 16.4. The summed E-state index contributed by atoms with van der Waals surface area (Å²) in [6, 6.07) is -13.0. The van der Waals surface area contributed by atoms with E-state index in [9.17, 15) is 72.9 Å². The fourth-order valence-corrected chi connectivity index (χ4v) is 7.94. The van der Waals surface area contributed by atoms with Gasteiger partial charge in [-0.2, -0.15) is 0 Å². The van der Waals surface area contributed by atoms with Gasteiger partial charge in [-0.3, -0.25) is 57.7 Å². The summed E-state index contributed by atoms with van der Waals surface area (Å²) in [6.07, 6.45) is 1.70. The molecular formula is C49H89N17O15. The van der Waals surface area contributed by atoms with Crippen molar-refractivity contribution in [1.29, 1.82) is 0 Å². The van der Waals surface area contributed by atoms with Crippen LogP contribution in [0.1, 0.15) is 98.8 Å². The van der Waals surface area contributed by atoms with Crippen molar-refractivity contribution >= 4 is 76.9 Å². The molecule has 0 aromatic rings. The van der Waals surface area contributed by atoms with Crippen LogP contribution in [0.4, 0.5) is 0 Å². The maximum atomic E-state index is 14.1. The lowest BCUT2D eigenvalue weighted by Crippen LogP contribution is -2.60. The molecule has 32 heteroatoms. The van der Waals surface area contributed by atoms with Gasteiger partial charge in [-0.25, -0.2) is 0 Å². The Morgan fingerprint density at radius 2 is 1.12 bits per heavy atom. The molecule has 81 heavy (non-hydrogen) atoms. The first-order valence-electron chi connectivity index (χ1n) is 26.9. The Morgan fingerprint density at radius 1 is 0.617 bits per heavy atom. The molecule has 11 unspecified atom stereocenters. The lowest BCUT2D eigenvalue weighted by Gasteiger charge is -2.29. The normalized spacial score (nSPS) is 16.8. The van der Waals surface area contributed by atoms with Gasteiger partial charge in [0.05, 0.1) is 65.5 Å². The first kappa shape index (κ1) is 71.7. The van der Waals surface area contributed by atoms with Crippen LogP contribution in [0, 0.1) is 0 Å². The third-order valence-electron chi connectivity index (χ3n) is 12.6. The smallest absolute Gasteiger partial charge is 0.245 e. The number of carbonyl (C=O) groups excluding carboxylic acids is 12. The van der Waals surface area contributed by atoms with Crippen molar-refractivity contribution in [2.45, 2.75) is 165 Å². The van der Waals surface area contributed by atoms with Gasteiger partial charge in [-0.15, -0.1) is 0 Å². The van der Waals surface area contributed by atoms with Gasteiger partial charge in [0, 0.05) is 13.1 Å². The predicted molar refractivity (Wildman–Crippen MR) is 290 cm³/mol. The molecule has 460 valence electrons. The molecule has 0 aromatic carbocycles. The topological polar surface area (TPSA) is 508 Å². The van der Waals surface area contributed by atoms with Gasteiger partial charge in [0.1, 0.15) is 54.4 Å². The van der Waals surface area contributed by atoms with Gasteiger partial charge in [-0.05, 0) is 99.0 Å². The van der Waals surface area contributed by atoms with Crippen LogP contribution in [0.3, 0.4) is 0 Å². The van der Waals surface area contributed by atoms with Crippen molar-refractivity contribution in [3.63, 3.8) is 0 Å². The Labute approximate surface area is 471 Å². The average molecular weight is 1160 g/mol. The van der Waals surface area contributed by atoms with E-state index < -0.39 is 157 Å². The summed E-state index contributed by atoms with van der Waals surface area (Å²) in [5.74, 6) is -11.0. The van der Waals surface area contributed by atoms with Gasteiger partial charge in [0.25, 0.3) is 0 Å². The molecule has 0 spiro atoms. The van der Waals surface area contributed by atoms with Gasteiger partial charge >= 0.3 is 0 Å². The number of carbonyl (C=O) groups is 12. The molecule has 1 aliphatic heterocycles. The zero-order valence-electron chi connectivity index (χ0n) is 47.7. The van der Waals surface area contributed by atoms with E-state index in [1.54, 1.807) is 0 Å². The number of unbranched alkanes of at least 4 members (excludes halogenated alkanes) is 2. The minimum Gasteiger partial charge on any atom is -0.548 e. The minimum absolute atomic E-state index is 0.0266. The van der Waals surface area contributed by atoms with Crippen LogP contribution in [-0.2, 0) is 57.5 Å². The number of nitrogens with two attached hydrogens (primary N) is 4. The van der Waals surface area contributed by atoms with E-state index >= 15 is 0 Å². The predicted octanol–water partition coefficient (Wildman–Crippen LogP) is -9.32. The highest BCUT2D eigenvalue weighted by Crippen LogP contribution is 2.19. The molecule has 1 fully saturated rings. The molecule has 0 aromatic heterocycles. The lowest BCUT2D eigenvalue weighted by molar-refractivity contribution is -0.870. The van der Waals surface area contributed by atoms with E-state index in [4.69, 9.17) is 22.9 Å². The quantitative estimate of drug-likeness (QED) is 0.0119. The highest BCUT2D eigenvalue weighted by Gasteiger charge is 2.39. The standard InChI is InChI=1S/C49H89N17O15/c1-26(58-42(75)31(51)15-9-11-19-50)39(72)57-27(2)40(73)61-33(17-13-20-54-49(52)53)43(76)62-32(16-10-12-22-66(6,7)8)44(77)63-34(25-67)45(78)60-29(4)48(81)65-21-14-18-35(65)46(79)59-28(3)41(74)64-38(30(5)68)47(80)56-23-36(69)55-24-37(70)71/h26-35,38,67-68H,9-25,50-51H2,1-8H3,(H14-,52,53,54,55,56,57,58,59,60,61,62,63,64,69,70,71,72,73,74,75,76,77,78,79,80). The number of nitrogens with zero attached hydrogens (tertiary/aromatic N) is 3. The number of aliphatic carboxylic acids is 1. The molecule has 1 heterocycles. The molecule has 1 saturated heterocycles. The first-order valence-corrected chi connectivity index (χ1v) is 26.9. The maximum Gasteiger partial charge on any atom is 0.245 e. The fraction of sp³-hybridized carbons (Fsp3) is 0.735. The van der Waals surface area contributed by atoms with E-state index in [0.29, 0.717) is 56.1 Å². The number of aliphatic imine (C=N–C) groups is 1. The Balaban J connectivity index is 3.19. The summed E-state index contributed by atoms with van der Waals surface area (Å²) in [6.45, 7) is 5.22. The number of carboxylic acid groups (broad SMARTS) is 1. The van der Waals surface area contributed by atoms with E-state index in [1.165, 1.54) is 39.5 Å². The second kappa shape index (κ2) is 36.1. The Hall–Kier alpha value is -7.29. The molecule has 0 bridgehead atoms. The summed E-state index contributed by atoms with van der Waals surface area (Å²) in [7, 11) is 5.89. The number of likely N-dealkylation sites (tertiary alicyclic amines) is 1. The number of guanidine groups is 1. The van der Waals surface area contributed by atoms with Crippen molar-refractivity contribution in [1.82, 2.24) is 58.1 Å². The SMILES string of the molecule is CC(NC(=O)C(N)CCCCN)C(=O)NC(C)C(=O)NC(CCCN=C(N)N)C(=O)NC(CCCC[N+](C)(C)C)C(=O)NC(CO)C(=O)NC(C)C(=O)N1CCCC1C(=O)NC(C)C(=O)NC(C(=O)NCC(=O)NCC(=O)[O-])C(C)O. The number of nitrogens with one attached hydrogen (secondary N) is 10.